The molecule has 1 heterocycles. The van der Waals surface area contributed by atoms with Crippen LogP contribution in [0, 0.1) is 6.92 Å². The molecule has 0 aromatic heterocycles. The van der Waals surface area contributed by atoms with E-state index < -0.39 is 6.04 Å². The zero-order valence-electron chi connectivity index (χ0n) is 12.3. The van der Waals surface area contributed by atoms with Crippen molar-refractivity contribution in [2.75, 3.05) is 10.2 Å². The summed E-state index contributed by atoms with van der Waals surface area (Å²) in [6.45, 7) is 1.87. The first-order chi connectivity index (χ1) is 11.0. The van der Waals surface area contributed by atoms with Gasteiger partial charge in [-0.2, -0.15) is 0 Å². The molecule has 3 rings (SSSR count). The molecule has 23 heavy (non-hydrogen) atoms. The van der Waals surface area contributed by atoms with Crippen LogP contribution in [-0.4, -0.2) is 17.9 Å². The van der Waals surface area contributed by atoms with Crippen LogP contribution in [-0.2, 0) is 9.59 Å². The van der Waals surface area contributed by atoms with E-state index in [4.69, 9.17) is 23.2 Å². The van der Waals surface area contributed by atoms with Gasteiger partial charge in [0.15, 0.2) is 0 Å². The standard InChI is InChI=1S/C17H14Cl2N2O2/c1-10-4-2-3-5-15(10)21-16(22)9-14(17(21)23)20-11-6-7-12(18)13(19)8-11/h2-8,14,20H,9H2,1H3/t14-/m1/s1. The maximum Gasteiger partial charge on any atom is 0.256 e. The Morgan fingerprint density at radius 1 is 1.09 bits per heavy atom. The average Bonchev–Trinajstić information content (AvgIpc) is 2.78. The van der Waals surface area contributed by atoms with Crippen LogP contribution in [0.2, 0.25) is 10.0 Å². The quantitative estimate of drug-likeness (QED) is 0.851. The second-order valence-electron chi connectivity index (χ2n) is 5.38. The van der Waals surface area contributed by atoms with Crippen molar-refractivity contribution in [3.8, 4) is 0 Å². The molecule has 0 bridgehead atoms. The molecule has 0 aliphatic carbocycles. The highest BCUT2D eigenvalue weighted by atomic mass is 35.5. The van der Waals surface area contributed by atoms with Gasteiger partial charge in [0.2, 0.25) is 5.91 Å². The summed E-state index contributed by atoms with van der Waals surface area (Å²) < 4.78 is 0. The highest BCUT2D eigenvalue weighted by molar-refractivity contribution is 6.42. The Hall–Kier alpha value is -2.04. The minimum atomic E-state index is -0.612. The van der Waals surface area contributed by atoms with E-state index in [0.29, 0.717) is 21.4 Å². The van der Waals surface area contributed by atoms with Gasteiger partial charge < -0.3 is 5.32 Å². The summed E-state index contributed by atoms with van der Waals surface area (Å²) in [6, 6.07) is 11.7. The Morgan fingerprint density at radius 3 is 2.52 bits per heavy atom. The molecule has 1 aliphatic heterocycles. The normalized spacial score (nSPS) is 17.7. The Balaban J connectivity index is 1.84. The molecule has 1 aliphatic rings. The Morgan fingerprint density at radius 2 is 1.83 bits per heavy atom. The Labute approximate surface area is 144 Å². The van der Waals surface area contributed by atoms with Crippen LogP contribution in [0.3, 0.4) is 0 Å². The summed E-state index contributed by atoms with van der Waals surface area (Å²) in [7, 11) is 0. The van der Waals surface area contributed by atoms with E-state index in [0.717, 1.165) is 5.56 Å². The van der Waals surface area contributed by atoms with Crippen LogP contribution in [0.5, 0.6) is 0 Å². The largest absolute Gasteiger partial charge is 0.373 e. The highest BCUT2D eigenvalue weighted by Gasteiger charge is 2.40. The Kier molecular flexibility index (Phi) is 4.28. The molecule has 4 nitrogen and oxygen atoms in total. The van der Waals surface area contributed by atoms with E-state index in [1.807, 2.05) is 25.1 Å². The third-order valence-corrected chi connectivity index (χ3v) is 4.50. The zero-order valence-corrected chi connectivity index (χ0v) is 13.9. The number of imide groups is 1. The van der Waals surface area contributed by atoms with Crippen molar-refractivity contribution in [2.24, 2.45) is 0 Å². The molecule has 0 unspecified atom stereocenters. The maximum atomic E-state index is 12.6. The number of aryl methyl sites for hydroxylation is 1. The number of rotatable bonds is 3. The Bertz CT molecular complexity index is 792. The fraction of sp³-hybridized carbons (Fsp3) is 0.176. The van der Waals surface area contributed by atoms with Gasteiger partial charge in [-0.25, -0.2) is 4.90 Å². The minimum Gasteiger partial charge on any atom is -0.373 e. The van der Waals surface area contributed by atoms with E-state index in [1.165, 1.54) is 4.90 Å². The number of carbonyl (C=O) groups is 2. The molecular weight excluding hydrogens is 335 g/mol. The lowest BCUT2D eigenvalue weighted by molar-refractivity contribution is -0.121. The van der Waals surface area contributed by atoms with Gasteiger partial charge in [0, 0.05) is 5.69 Å². The second-order valence-corrected chi connectivity index (χ2v) is 6.20. The van der Waals surface area contributed by atoms with E-state index in [-0.39, 0.29) is 18.2 Å². The molecule has 1 saturated heterocycles. The van der Waals surface area contributed by atoms with Gasteiger partial charge in [-0.3, -0.25) is 9.59 Å². The van der Waals surface area contributed by atoms with E-state index in [9.17, 15) is 9.59 Å². The first kappa shape index (κ1) is 15.8. The molecule has 0 radical (unpaired) electrons. The summed E-state index contributed by atoms with van der Waals surface area (Å²) in [4.78, 5) is 26.1. The van der Waals surface area contributed by atoms with Gasteiger partial charge in [0.05, 0.1) is 22.2 Å². The van der Waals surface area contributed by atoms with Crippen molar-refractivity contribution in [3.63, 3.8) is 0 Å². The van der Waals surface area contributed by atoms with Gasteiger partial charge in [-0.15, -0.1) is 0 Å². The van der Waals surface area contributed by atoms with Crippen molar-refractivity contribution in [1.29, 1.82) is 0 Å². The van der Waals surface area contributed by atoms with Gasteiger partial charge in [0.1, 0.15) is 6.04 Å². The minimum absolute atomic E-state index is 0.105. The predicted molar refractivity (Wildman–Crippen MR) is 92.2 cm³/mol. The number of halogens is 2. The van der Waals surface area contributed by atoms with Gasteiger partial charge in [-0.1, -0.05) is 41.4 Å². The maximum absolute atomic E-state index is 12.6. The van der Waals surface area contributed by atoms with E-state index >= 15 is 0 Å². The highest BCUT2D eigenvalue weighted by Crippen LogP contribution is 2.29. The summed E-state index contributed by atoms with van der Waals surface area (Å²) >= 11 is 11.9. The number of nitrogens with zero attached hydrogens (tertiary/aromatic N) is 1. The molecule has 2 aromatic carbocycles. The summed E-state index contributed by atoms with van der Waals surface area (Å²) in [5.74, 6) is -0.489. The summed E-state index contributed by atoms with van der Waals surface area (Å²) in [6.07, 6.45) is 0.105. The average molecular weight is 349 g/mol. The van der Waals surface area contributed by atoms with Crippen LogP contribution < -0.4 is 10.2 Å². The summed E-state index contributed by atoms with van der Waals surface area (Å²) in [5, 5.41) is 3.88. The molecule has 2 amide bonds. The van der Waals surface area contributed by atoms with Crippen molar-refractivity contribution in [3.05, 3.63) is 58.1 Å². The van der Waals surface area contributed by atoms with E-state index in [2.05, 4.69) is 5.32 Å². The third-order valence-electron chi connectivity index (χ3n) is 3.76. The number of anilines is 2. The van der Waals surface area contributed by atoms with Gasteiger partial charge in [0.25, 0.3) is 5.91 Å². The van der Waals surface area contributed by atoms with Crippen LogP contribution >= 0.6 is 23.2 Å². The lowest BCUT2D eigenvalue weighted by atomic mass is 10.2. The topological polar surface area (TPSA) is 49.4 Å². The number of nitrogens with one attached hydrogen (secondary N) is 1. The second kappa shape index (κ2) is 6.22. The van der Waals surface area contributed by atoms with Crippen molar-refractivity contribution in [1.82, 2.24) is 0 Å². The molecule has 1 N–H and O–H groups in total. The van der Waals surface area contributed by atoms with E-state index in [1.54, 1.807) is 24.3 Å². The van der Waals surface area contributed by atoms with Crippen molar-refractivity contribution in [2.45, 2.75) is 19.4 Å². The SMILES string of the molecule is Cc1ccccc1N1C(=O)C[C@@H](Nc2ccc(Cl)c(Cl)c2)C1=O. The molecule has 0 spiro atoms. The number of benzene rings is 2. The third kappa shape index (κ3) is 3.05. The smallest absolute Gasteiger partial charge is 0.256 e. The lowest BCUT2D eigenvalue weighted by Gasteiger charge is -2.18. The van der Waals surface area contributed by atoms with Crippen LogP contribution in [0.15, 0.2) is 42.5 Å². The number of para-hydroxylation sites is 1. The molecule has 118 valence electrons. The van der Waals surface area contributed by atoms with Crippen LogP contribution in [0.1, 0.15) is 12.0 Å². The molecule has 1 atom stereocenters. The van der Waals surface area contributed by atoms with Crippen LogP contribution in [0.4, 0.5) is 11.4 Å². The first-order valence-corrected chi connectivity index (χ1v) is 7.87. The van der Waals surface area contributed by atoms with Gasteiger partial charge in [-0.05, 0) is 36.8 Å². The number of amides is 2. The molecule has 2 aromatic rings. The zero-order chi connectivity index (χ0) is 16.6. The molecule has 6 heteroatoms. The van der Waals surface area contributed by atoms with Crippen molar-refractivity contribution >= 4 is 46.4 Å². The van der Waals surface area contributed by atoms with Crippen LogP contribution in [0.25, 0.3) is 0 Å². The molecule has 1 fully saturated rings. The van der Waals surface area contributed by atoms with Gasteiger partial charge >= 0.3 is 0 Å². The lowest BCUT2D eigenvalue weighted by Crippen LogP contribution is -2.35. The number of hydrogen-bond donors (Lipinski definition) is 1. The van der Waals surface area contributed by atoms with Crippen molar-refractivity contribution < 1.29 is 9.59 Å². The molecular formula is C17H14Cl2N2O2. The predicted octanol–water partition coefficient (Wildman–Crippen LogP) is 4.05. The fourth-order valence-corrected chi connectivity index (χ4v) is 2.90. The summed E-state index contributed by atoms with van der Waals surface area (Å²) in [5.41, 5.74) is 2.16. The monoisotopic (exact) mass is 348 g/mol. The molecule has 0 saturated carbocycles. The number of hydrogen-bond acceptors (Lipinski definition) is 3. The fourth-order valence-electron chi connectivity index (χ4n) is 2.60. The first-order valence-electron chi connectivity index (χ1n) is 7.11. The number of carbonyl (C=O) groups excluding carboxylic acids is 2.